The number of amides is 9. The first kappa shape index (κ1) is 113. The standard InChI is InChI=1S/C102H142N8O31/c1-65(2)78(55-76(111)25-31-129-35-34-126-10)94(117)104-70(8)86(113)53-72-16-20-74(21-17-72)63-140-101(124)109-82-59-90(88(127-11)57-80(82)97(120)107-61-67(5)50-84(107)99(109)122)138-29-14-13-15-30-139-91-60-83-81(58-89(91)128-12)98(121)108-62-68(6)51-85(108)100(123)110(83)102(125)141-64-75-22-18-73(19-23-75)54-87(114)71(9)105-95(118)79(66(3)4)56-77(112)26-32-130-36-38-132-40-42-134-44-46-136-48-49-137-47-45-135-43-41-133-39-37-131-33-27-103-92(115)24-28-106-93(116)52-69(7)96(106)119/h16-23,57-62,65-66,69-71,78-79,84-85,99-100,122-123H,13-15,24-56,63-64H2,1-12H3,(H,103,115)(H,104,117)(H,105,118)/t69?,70-,71-,78-,79-,84-,85-,99-,100?/m0/s1. The average molecular weight is 1980 g/mol. The number of ether oxygens (including phenoxy) is 16. The van der Waals surface area contributed by atoms with Crippen molar-refractivity contribution < 1.29 is 148 Å². The molecule has 0 aliphatic carbocycles. The van der Waals surface area contributed by atoms with E-state index in [1.807, 2.05) is 41.5 Å². The zero-order valence-corrected chi connectivity index (χ0v) is 83.3. The van der Waals surface area contributed by atoms with Crippen molar-refractivity contribution in [1.29, 1.82) is 0 Å². The third kappa shape index (κ3) is 35.1. The van der Waals surface area contributed by atoms with Gasteiger partial charge in [-0.15, -0.1) is 0 Å². The molecular weight excluding hydrogens is 1830 g/mol. The molecule has 39 heteroatoms. The van der Waals surface area contributed by atoms with Crippen molar-refractivity contribution in [2.75, 3.05) is 183 Å². The summed E-state index contributed by atoms with van der Waals surface area (Å²) in [4.78, 5) is 180. The SMILES string of the molecule is COCCOCCC(=O)C[C@H](C(=O)N[C@@H](C)C(=O)Cc1ccc(COC(=O)N2c3cc(OCCCCCOc4cc5c(cc4OC)C(=O)N4C=C(C)C[C@H]4C(O)N5C(=O)OCc4ccc(CC(=O)[C@H](C)NC(=O)[C@@H](CC(=O)CCOCCOCCOCCOCCOCCOCCOCCOCCNC(=O)CCN5C(=O)CC(C)C5=O)C(C)C)cc4)c(OC)cc3C(=O)N3C=C(C)C[C@H]3[C@@H]2O)cc1)C(C)C. The zero-order valence-electron chi connectivity index (χ0n) is 83.3. The second-order valence-electron chi connectivity index (χ2n) is 36.1. The van der Waals surface area contributed by atoms with Gasteiger partial charge in [-0.1, -0.05) is 94.3 Å². The van der Waals surface area contributed by atoms with Gasteiger partial charge in [-0.3, -0.25) is 57.6 Å². The summed E-state index contributed by atoms with van der Waals surface area (Å²) in [6, 6.07) is 15.9. The summed E-state index contributed by atoms with van der Waals surface area (Å²) in [5, 5.41) is 32.5. The van der Waals surface area contributed by atoms with E-state index in [1.54, 1.807) is 88.8 Å². The van der Waals surface area contributed by atoms with Gasteiger partial charge in [0.05, 0.1) is 200 Å². The third-order valence-electron chi connectivity index (χ3n) is 24.5. The fraction of sp³-hybridized carbons (Fsp3) is 0.598. The first-order valence-corrected chi connectivity index (χ1v) is 48.4. The van der Waals surface area contributed by atoms with Crippen molar-refractivity contribution in [3.63, 3.8) is 0 Å². The van der Waals surface area contributed by atoms with Crippen LogP contribution in [0.15, 0.2) is 96.3 Å². The normalized spacial score (nSPS) is 17.5. The molecule has 1 fully saturated rings. The van der Waals surface area contributed by atoms with E-state index in [1.165, 1.54) is 48.3 Å². The average Bonchev–Trinajstić information content (AvgIpc) is 1.60. The molecule has 4 aromatic rings. The maximum atomic E-state index is 14.5. The number of nitrogens with one attached hydrogen (secondary N) is 3. The third-order valence-corrected chi connectivity index (χ3v) is 24.5. The molecular formula is C102H142N8O31. The van der Waals surface area contributed by atoms with E-state index in [-0.39, 0.29) is 228 Å². The van der Waals surface area contributed by atoms with Gasteiger partial charge in [0, 0.05) is 114 Å². The number of hydrogen-bond donors (Lipinski definition) is 5. The lowest BCUT2D eigenvalue weighted by molar-refractivity contribution is -0.139. The number of fused-ring (bicyclic) bond motifs is 4. The van der Waals surface area contributed by atoms with Crippen molar-refractivity contribution in [2.45, 2.75) is 196 Å². The van der Waals surface area contributed by atoms with Crippen LogP contribution in [-0.4, -0.2) is 311 Å². The lowest BCUT2D eigenvalue weighted by Crippen LogP contribution is -2.50. The second-order valence-corrected chi connectivity index (χ2v) is 36.1. The number of carbonyl (C=O) groups excluding carboxylic acids is 13. The van der Waals surface area contributed by atoms with Crippen LogP contribution in [0.4, 0.5) is 21.0 Å². The number of imide groups is 1. The Morgan fingerprint density at radius 3 is 1.15 bits per heavy atom. The summed E-state index contributed by atoms with van der Waals surface area (Å²) in [7, 11) is 4.37. The molecule has 5 aliphatic heterocycles. The summed E-state index contributed by atoms with van der Waals surface area (Å²) >= 11 is 0. The summed E-state index contributed by atoms with van der Waals surface area (Å²) in [5.41, 5.74) is 4.01. The van der Waals surface area contributed by atoms with Crippen LogP contribution in [0, 0.1) is 29.6 Å². The minimum Gasteiger partial charge on any atom is -0.493 e. The summed E-state index contributed by atoms with van der Waals surface area (Å²) in [6.07, 6.45) is 0.517. The molecule has 0 bridgehead atoms. The number of benzene rings is 4. The number of carbonyl (C=O) groups is 13. The highest BCUT2D eigenvalue weighted by molar-refractivity contribution is 6.08. The number of hydrogen-bond acceptors (Lipinski definition) is 31. The molecule has 0 saturated carbocycles. The minimum absolute atomic E-state index is 0.00694. The summed E-state index contributed by atoms with van der Waals surface area (Å²) < 4.78 is 90.6. The van der Waals surface area contributed by atoms with E-state index in [2.05, 4.69) is 16.0 Å². The summed E-state index contributed by atoms with van der Waals surface area (Å²) in [6.45, 7) is 22.4. The maximum Gasteiger partial charge on any atom is 0.416 e. The Morgan fingerprint density at radius 1 is 0.433 bits per heavy atom. The van der Waals surface area contributed by atoms with Gasteiger partial charge in [0.2, 0.25) is 29.5 Å². The predicted octanol–water partition coefficient (Wildman–Crippen LogP) is 8.69. The van der Waals surface area contributed by atoms with Crippen LogP contribution in [0.3, 0.4) is 0 Å². The van der Waals surface area contributed by atoms with Crippen molar-refractivity contribution in [3.05, 3.63) is 130 Å². The van der Waals surface area contributed by atoms with Crippen molar-refractivity contribution in [1.82, 2.24) is 30.7 Å². The summed E-state index contributed by atoms with van der Waals surface area (Å²) in [5.74, 6) is -4.76. The Morgan fingerprint density at radius 2 is 0.794 bits per heavy atom. The molecule has 776 valence electrons. The van der Waals surface area contributed by atoms with Gasteiger partial charge in [0.25, 0.3) is 11.8 Å². The Labute approximate surface area is 824 Å². The highest BCUT2D eigenvalue weighted by Gasteiger charge is 2.48. The number of aliphatic hydroxyl groups is 2. The van der Waals surface area contributed by atoms with Crippen molar-refractivity contribution in [3.8, 4) is 23.0 Å². The number of Topliss-reactive ketones (excluding diaryl/α,β-unsaturated/α-hetero) is 4. The quantitative estimate of drug-likeness (QED) is 0.0204. The Balaban J connectivity index is 0.653. The topological polar surface area (TPSA) is 462 Å². The molecule has 0 aromatic heterocycles. The first-order chi connectivity index (χ1) is 67.8. The number of ketones is 4. The van der Waals surface area contributed by atoms with E-state index in [0.29, 0.717) is 147 Å². The number of methoxy groups -OCH3 is 3. The molecule has 39 nitrogen and oxygen atoms in total. The van der Waals surface area contributed by atoms with Crippen LogP contribution in [0.2, 0.25) is 0 Å². The van der Waals surface area contributed by atoms with Crippen LogP contribution in [0.1, 0.15) is 176 Å². The highest BCUT2D eigenvalue weighted by Crippen LogP contribution is 2.45. The number of aliphatic hydroxyl groups excluding tert-OH is 2. The van der Waals surface area contributed by atoms with Gasteiger partial charge in [0.1, 0.15) is 24.8 Å². The van der Waals surface area contributed by atoms with Crippen LogP contribution >= 0.6 is 0 Å². The molecule has 5 heterocycles. The van der Waals surface area contributed by atoms with Gasteiger partial charge in [-0.25, -0.2) is 19.4 Å². The molecule has 9 amide bonds. The Bertz CT molecular complexity index is 4860. The van der Waals surface area contributed by atoms with Gasteiger partial charge in [0.15, 0.2) is 47.0 Å². The zero-order chi connectivity index (χ0) is 102. The van der Waals surface area contributed by atoms with Crippen LogP contribution in [0.25, 0.3) is 0 Å². The van der Waals surface area contributed by atoms with Gasteiger partial charge in [-0.05, 0) is 106 Å². The molecule has 5 aliphatic rings. The molecule has 9 rings (SSSR count). The molecule has 2 unspecified atom stereocenters. The first-order valence-electron chi connectivity index (χ1n) is 48.4. The number of anilines is 2. The van der Waals surface area contributed by atoms with E-state index < -0.39 is 84.3 Å². The monoisotopic (exact) mass is 1970 g/mol. The molecule has 1 saturated heterocycles. The number of rotatable bonds is 66. The largest absolute Gasteiger partial charge is 0.493 e. The fourth-order valence-electron chi connectivity index (χ4n) is 16.3. The van der Waals surface area contributed by atoms with Crippen LogP contribution < -0.4 is 44.7 Å². The smallest absolute Gasteiger partial charge is 0.416 e. The van der Waals surface area contributed by atoms with Crippen LogP contribution in [0.5, 0.6) is 23.0 Å². The molecule has 4 aromatic carbocycles. The molecule has 5 N–H and O–H groups in total. The number of likely N-dealkylation sites (tertiary alicyclic amines) is 1. The van der Waals surface area contributed by atoms with Gasteiger partial charge >= 0.3 is 12.2 Å². The van der Waals surface area contributed by atoms with Gasteiger partial charge in [-0.2, -0.15) is 0 Å². The van der Waals surface area contributed by atoms with E-state index >= 15 is 0 Å². The molecule has 0 spiro atoms. The van der Waals surface area contributed by atoms with Crippen LogP contribution in [-0.2, 0) is 126 Å². The Hall–Kier alpha value is -11.2. The predicted molar refractivity (Wildman–Crippen MR) is 513 cm³/mol. The molecule has 0 radical (unpaired) electrons. The maximum absolute atomic E-state index is 14.5. The lowest BCUT2D eigenvalue weighted by atomic mass is 9.88. The fourth-order valence-corrected chi connectivity index (χ4v) is 16.3. The Kier molecular flexibility index (Phi) is 47.5. The van der Waals surface area contributed by atoms with Gasteiger partial charge < -0.3 is 112 Å². The van der Waals surface area contributed by atoms with E-state index in [0.717, 1.165) is 25.8 Å². The van der Waals surface area contributed by atoms with Crippen molar-refractivity contribution >= 4 is 88.0 Å². The second kappa shape index (κ2) is 59.0. The minimum atomic E-state index is -1.59. The highest BCUT2D eigenvalue weighted by atomic mass is 16.6. The molecule has 141 heavy (non-hydrogen) atoms. The lowest BCUT2D eigenvalue weighted by Gasteiger charge is -2.31. The number of nitrogens with zero attached hydrogens (tertiary/aromatic N) is 5. The molecule has 9 atom stereocenters. The number of unbranched alkanes of at least 4 members (excludes halogenated alkanes) is 2. The van der Waals surface area contributed by atoms with Crippen molar-refractivity contribution in [2.24, 2.45) is 29.6 Å². The van der Waals surface area contributed by atoms with E-state index in [4.69, 9.17) is 75.8 Å². The van der Waals surface area contributed by atoms with E-state index in [9.17, 15) is 72.5 Å².